The Kier molecular flexibility index (Phi) is 5.01. The summed E-state index contributed by atoms with van der Waals surface area (Å²) in [6.45, 7) is 3.56. The number of hydrazine groups is 1. The topological polar surface area (TPSA) is 128 Å². The monoisotopic (exact) mass is 392 g/mol. The van der Waals surface area contributed by atoms with Crippen LogP contribution >= 0.6 is 11.8 Å². The zero-order valence-corrected chi connectivity index (χ0v) is 15.6. The summed E-state index contributed by atoms with van der Waals surface area (Å²) in [5.41, 5.74) is 6.22. The summed E-state index contributed by atoms with van der Waals surface area (Å²) >= 11 is 1.38. The minimum absolute atomic E-state index is 0.0105. The Morgan fingerprint density at radius 1 is 1.33 bits per heavy atom. The Balaban J connectivity index is 1.66. The molecule has 0 bridgehead atoms. The molecular weight excluding hydrogens is 372 g/mol. The van der Waals surface area contributed by atoms with E-state index >= 15 is 0 Å². The Bertz CT molecular complexity index is 799. The zero-order chi connectivity index (χ0) is 19.8. The van der Waals surface area contributed by atoms with Crippen molar-refractivity contribution in [3.8, 4) is 0 Å². The van der Waals surface area contributed by atoms with Crippen molar-refractivity contribution in [2.75, 3.05) is 5.43 Å². The van der Waals surface area contributed by atoms with Gasteiger partial charge < -0.3 is 15.3 Å². The average molecular weight is 392 g/mol. The number of carbonyl (C=O) groups is 4. The van der Waals surface area contributed by atoms with Crippen LogP contribution in [-0.4, -0.2) is 56.4 Å². The second kappa shape index (κ2) is 7.10. The Morgan fingerprint density at radius 2 is 2.04 bits per heavy atom. The summed E-state index contributed by atoms with van der Waals surface area (Å²) in [4.78, 5) is 48.1. The maximum absolute atomic E-state index is 12.4. The number of nitrogens with one attached hydrogen (secondary N) is 3. The maximum atomic E-state index is 12.4. The van der Waals surface area contributed by atoms with Crippen molar-refractivity contribution in [3.05, 3.63) is 29.8 Å². The van der Waals surface area contributed by atoms with Gasteiger partial charge in [0.05, 0.1) is 12.1 Å². The van der Waals surface area contributed by atoms with E-state index in [2.05, 4.69) is 16.2 Å². The number of anilines is 1. The first-order valence-electron chi connectivity index (χ1n) is 8.31. The van der Waals surface area contributed by atoms with Crippen LogP contribution in [0.2, 0.25) is 0 Å². The van der Waals surface area contributed by atoms with E-state index in [4.69, 9.17) is 0 Å². The number of para-hydroxylation sites is 1. The number of carbonyl (C=O) groups excluding carboxylic acids is 3. The third kappa shape index (κ3) is 3.44. The first kappa shape index (κ1) is 19.0. The molecule has 27 heavy (non-hydrogen) atoms. The van der Waals surface area contributed by atoms with Crippen molar-refractivity contribution < 1.29 is 24.3 Å². The van der Waals surface area contributed by atoms with Crippen molar-refractivity contribution in [3.63, 3.8) is 0 Å². The van der Waals surface area contributed by atoms with Crippen LogP contribution in [0.5, 0.6) is 0 Å². The van der Waals surface area contributed by atoms with Crippen LogP contribution in [0.25, 0.3) is 0 Å². The number of benzene rings is 1. The van der Waals surface area contributed by atoms with Crippen molar-refractivity contribution in [2.24, 2.45) is 0 Å². The van der Waals surface area contributed by atoms with Gasteiger partial charge >= 0.3 is 5.97 Å². The van der Waals surface area contributed by atoms with Gasteiger partial charge in [-0.3, -0.25) is 25.2 Å². The molecule has 3 amide bonds. The average Bonchev–Trinajstić information content (AvgIpc) is 2.87. The van der Waals surface area contributed by atoms with Crippen LogP contribution in [-0.2, 0) is 25.6 Å². The predicted octanol–water partition coefficient (Wildman–Crippen LogP) is -0.0663. The molecule has 0 aliphatic carbocycles. The molecule has 0 saturated carbocycles. The number of carboxylic acid groups (broad SMARTS) is 1. The van der Waals surface area contributed by atoms with Gasteiger partial charge in [-0.2, -0.15) is 0 Å². The molecule has 4 N–H and O–H groups in total. The summed E-state index contributed by atoms with van der Waals surface area (Å²) < 4.78 is -0.636. The lowest BCUT2D eigenvalue weighted by Gasteiger charge is -2.43. The number of aliphatic carboxylic acids is 1. The lowest BCUT2D eigenvalue weighted by Crippen LogP contribution is -2.70. The first-order chi connectivity index (χ1) is 12.8. The van der Waals surface area contributed by atoms with Crippen molar-refractivity contribution >= 4 is 41.6 Å². The van der Waals surface area contributed by atoms with Gasteiger partial charge in [0.25, 0.3) is 0 Å². The number of fused-ring (bicyclic) bond motifs is 1. The third-order valence-corrected chi connectivity index (χ3v) is 6.20. The fraction of sp³-hybridized carbons (Fsp3) is 0.412. The molecule has 2 heterocycles. The number of rotatable bonds is 7. The van der Waals surface area contributed by atoms with E-state index in [0.29, 0.717) is 17.7 Å². The summed E-state index contributed by atoms with van der Waals surface area (Å²) in [7, 11) is 0. The van der Waals surface area contributed by atoms with Crippen LogP contribution in [0.3, 0.4) is 0 Å². The van der Waals surface area contributed by atoms with Crippen LogP contribution in [0, 0.1) is 0 Å². The third-order valence-electron chi connectivity index (χ3n) is 4.63. The fourth-order valence-electron chi connectivity index (χ4n) is 3.45. The molecule has 2 fully saturated rings. The molecule has 0 unspecified atom stereocenters. The van der Waals surface area contributed by atoms with Gasteiger partial charge in [0.2, 0.25) is 18.2 Å². The number of hydrogen-bond donors (Lipinski definition) is 4. The van der Waals surface area contributed by atoms with E-state index in [-0.39, 0.29) is 23.6 Å². The van der Waals surface area contributed by atoms with Gasteiger partial charge in [0, 0.05) is 4.75 Å². The molecule has 1 aromatic rings. The molecule has 0 aromatic heterocycles. The van der Waals surface area contributed by atoms with Crippen LogP contribution in [0.4, 0.5) is 5.69 Å². The Labute approximate surface area is 159 Å². The molecule has 3 atom stereocenters. The van der Waals surface area contributed by atoms with Gasteiger partial charge in [-0.15, -0.1) is 11.8 Å². The van der Waals surface area contributed by atoms with E-state index in [1.165, 1.54) is 16.7 Å². The minimum atomic E-state index is -1.05. The number of β-lactam (4-membered cyclic amide) rings is 1. The van der Waals surface area contributed by atoms with Crippen LogP contribution in [0.15, 0.2) is 24.3 Å². The molecule has 0 spiro atoms. The Hall–Kier alpha value is -2.75. The molecule has 3 rings (SSSR count). The highest BCUT2D eigenvalue weighted by atomic mass is 32.2. The number of thioether (sulfide) groups is 1. The molecule has 2 aliphatic rings. The second-order valence-corrected chi connectivity index (χ2v) is 8.64. The molecule has 144 valence electrons. The molecule has 10 heteroatoms. The number of nitrogens with zero attached hydrogens (tertiary/aromatic N) is 1. The summed E-state index contributed by atoms with van der Waals surface area (Å²) in [6, 6.07) is 5.32. The molecule has 9 nitrogen and oxygen atoms in total. The zero-order valence-electron chi connectivity index (χ0n) is 14.8. The van der Waals surface area contributed by atoms with E-state index in [1.54, 1.807) is 38.1 Å². The van der Waals surface area contributed by atoms with E-state index in [9.17, 15) is 24.3 Å². The lowest BCUT2D eigenvalue weighted by molar-refractivity contribution is -0.161. The highest BCUT2D eigenvalue weighted by Gasteiger charge is 2.64. The maximum Gasteiger partial charge on any atom is 0.327 e. The van der Waals surface area contributed by atoms with E-state index in [1.807, 2.05) is 0 Å². The van der Waals surface area contributed by atoms with Crippen molar-refractivity contribution in [1.82, 2.24) is 15.6 Å². The highest BCUT2D eigenvalue weighted by Crippen LogP contribution is 2.50. The Morgan fingerprint density at radius 3 is 2.70 bits per heavy atom. The molecule has 1 aromatic carbocycles. The van der Waals surface area contributed by atoms with Crippen LogP contribution in [0.1, 0.15) is 19.4 Å². The number of hydrogen-bond acceptors (Lipinski definition) is 6. The van der Waals surface area contributed by atoms with Gasteiger partial charge in [-0.1, -0.05) is 18.2 Å². The molecule has 2 aliphatic heterocycles. The smallest absolute Gasteiger partial charge is 0.327 e. The van der Waals surface area contributed by atoms with Gasteiger partial charge in [0.1, 0.15) is 17.5 Å². The fourth-order valence-corrected chi connectivity index (χ4v) is 5.07. The predicted molar refractivity (Wildman–Crippen MR) is 98.6 cm³/mol. The first-order valence-corrected chi connectivity index (χ1v) is 9.19. The van der Waals surface area contributed by atoms with Gasteiger partial charge in [-0.25, -0.2) is 4.79 Å². The SMILES string of the molecule is CC1(C)S[C@@H]2[C@H](NC(=O)Cc3ccccc3NNC=O)C(=O)N2[C@H]1C(=O)O. The van der Waals surface area contributed by atoms with E-state index < -0.39 is 22.8 Å². The summed E-state index contributed by atoms with van der Waals surface area (Å²) in [6.07, 6.45) is 0.493. The molecular formula is C17H20N4O5S. The van der Waals surface area contributed by atoms with E-state index in [0.717, 1.165) is 0 Å². The minimum Gasteiger partial charge on any atom is -0.480 e. The lowest BCUT2D eigenvalue weighted by atomic mass is 9.96. The van der Waals surface area contributed by atoms with Gasteiger partial charge in [0.15, 0.2) is 0 Å². The second-order valence-electron chi connectivity index (χ2n) is 6.86. The summed E-state index contributed by atoms with van der Waals surface area (Å²) in [5, 5.41) is 11.7. The largest absolute Gasteiger partial charge is 0.480 e. The highest BCUT2D eigenvalue weighted by molar-refractivity contribution is 8.01. The van der Waals surface area contributed by atoms with Crippen molar-refractivity contribution in [1.29, 1.82) is 0 Å². The molecule has 0 radical (unpaired) electrons. The number of carboxylic acids is 1. The molecule has 2 saturated heterocycles. The standard InChI is InChI=1S/C17H20N4O5S/c1-17(2)13(16(25)26)21-14(24)12(15(21)27-17)19-11(23)7-9-5-3-4-6-10(9)20-18-8-22/h3-6,8,12-13,15,20H,7H2,1-2H3,(H,18,22)(H,19,23)(H,25,26)/t12-,13+,15-/m1/s1. The van der Waals surface area contributed by atoms with Crippen molar-refractivity contribution in [2.45, 2.75) is 42.5 Å². The normalized spacial score (nSPS) is 25.2. The van der Waals surface area contributed by atoms with Crippen LogP contribution < -0.4 is 16.2 Å². The quantitative estimate of drug-likeness (QED) is 0.291. The summed E-state index contributed by atoms with van der Waals surface area (Å²) in [5.74, 6) is -1.78. The van der Waals surface area contributed by atoms with Gasteiger partial charge in [-0.05, 0) is 25.5 Å². The number of amides is 3.